The van der Waals surface area contributed by atoms with Gasteiger partial charge < -0.3 is 19.3 Å². The van der Waals surface area contributed by atoms with E-state index in [0.29, 0.717) is 41.7 Å². The third-order valence-corrected chi connectivity index (χ3v) is 6.12. The van der Waals surface area contributed by atoms with Gasteiger partial charge in [0.25, 0.3) is 11.7 Å². The first kappa shape index (κ1) is 25.1. The van der Waals surface area contributed by atoms with E-state index < -0.39 is 17.7 Å². The largest absolute Gasteiger partial charge is 0.507 e. The number of rotatable bonds is 8. The van der Waals surface area contributed by atoms with Crippen LogP contribution in [0.2, 0.25) is 5.02 Å². The van der Waals surface area contributed by atoms with Gasteiger partial charge >= 0.3 is 0 Å². The number of aliphatic hydroxyl groups is 1. The molecule has 1 atom stereocenters. The van der Waals surface area contributed by atoms with Crippen molar-refractivity contribution >= 4 is 34.7 Å². The molecule has 1 fully saturated rings. The van der Waals surface area contributed by atoms with Crippen molar-refractivity contribution in [3.05, 3.63) is 88.5 Å². The highest BCUT2D eigenvalue weighted by atomic mass is 35.5. The monoisotopic (exact) mass is 507 g/mol. The summed E-state index contributed by atoms with van der Waals surface area (Å²) in [7, 11) is 1.48. The number of carbonyl (C=O) groups excluding carboxylic acids is 2. The summed E-state index contributed by atoms with van der Waals surface area (Å²) in [4.78, 5) is 28.1. The van der Waals surface area contributed by atoms with Crippen LogP contribution in [0.1, 0.15) is 31.0 Å². The number of halogens is 1. The Kier molecular flexibility index (Phi) is 7.50. The van der Waals surface area contributed by atoms with Gasteiger partial charge in [-0.1, -0.05) is 29.8 Å². The van der Waals surface area contributed by atoms with Crippen LogP contribution in [0.3, 0.4) is 0 Å². The molecule has 4 rings (SSSR count). The number of ether oxygens (including phenoxy) is 3. The van der Waals surface area contributed by atoms with E-state index in [0.717, 1.165) is 0 Å². The average Bonchev–Trinajstić information content (AvgIpc) is 3.15. The van der Waals surface area contributed by atoms with Gasteiger partial charge in [-0.25, -0.2) is 0 Å². The zero-order chi connectivity index (χ0) is 25.8. The molecule has 3 aromatic rings. The summed E-state index contributed by atoms with van der Waals surface area (Å²) in [5.74, 6) is -0.349. The van der Waals surface area contributed by atoms with Crippen molar-refractivity contribution in [1.29, 1.82) is 0 Å². The van der Waals surface area contributed by atoms with Gasteiger partial charge in [-0.2, -0.15) is 0 Å². The fraction of sp³-hybridized carbons (Fsp3) is 0.214. The Hall–Kier alpha value is -3.97. The number of methoxy groups -OCH3 is 1. The standard InChI is InChI=1S/C28H26ClNO6/c1-4-35-19-11-9-17(10-12-19)25-24(26(31)22-16-20(34-3)13-14-23(22)29)27(32)28(33)30(25)18-7-6-8-21(15-18)36-5-2/h6-16,25,31H,4-5H2,1-3H3/b26-24+. The van der Waals surface area contributed by atoms with E-state index in [4.69, 9.17) is 25.8 Å². The molecular weight excluding hydrogens is 482 g/mol. The molecule has 1 N–H and O–H groups in total. The number of carbonyl (C=O) groups is 2. The van der Waals surface area contributed by atoms with Crippen LogP contribution in [-0.2, 0) is 9.59 Å². The van der Waals surface area contributed by atoms with Crippen molar-refractivity contribution in [1.82, 2.24) is 0 Å². The Morgan fingerprint density at radius 1 is 0.917 bits per heavy atom. The van der Waals surface area contributed by atoms with Gasteiger partial charge in [0, 0.05) is 17.3 Å². The van der Waals surface area contributed by atoms with Crippen molar-refractivity contribution in [2.75, 3.05) is 25.2 Å². The van der Waals surface area contributed by atoms with Crippen LogP contribution in [0.5, 0.6) is 17.2 Å². The second-order valence-corrected chi connectivity index (χ2v) is 8.35. The van der Waals surface area contributed by atoms with E-state index in [1.807, 2.05) is 13.8 Å². The van der Waals surface area contributed by atoms with Crippen LogP contribution < -0.4 is 19.1 Å². The molecule has 0 aromatic heterocycles. The van der Waals surface area contributed by atoms with Crippen molar-refractivity contribution < 1.29 is 28.9 Å². The Balaban J connectivity index is 1.93. The molecule has 3 aromatic carbocycles. The van der Waals surface area contributed by atoms with Gasteiger partial charge in [-0.15, -0.1) is 0 Å². The quantitative estimate of drug-likeness (QED) is 0.236. The summed E-state index contributed by atoms with van der Waals surface area (Å²) in [6.45, 7) is 4.68. The summed E-state index contributed by atoms with van der Waals surface area (Å²) >= 11 is 6.38. The molecule has 0 spiro atoms. The molecule has 186 valence electrons. The molecule has 1 unspecified atom stereocenters. The predicted octanol–water partition coefficient (Wildman–Crippen LogP) is 5.77. The molecule has 1 heterocycles. The highest BCUT2D eigenvalue weighted by molar-refractivity contribution is 6.52. The van der Waals surface area contributed by atoms with Gasteiger partial charge in [0.2, 0.25) is 0 Å². The zero-order valence-corrected chi connectivity index (χ0v) is 20.9. The third kappa shape index (κ3) is 4.75. The Morgan fingerprint density at radius 3 is 2.25 bits per heavy atom. The van der Waals surface area contributed by atoms with Crippen LogP contribution >= 0.6 is 11.6 Å². The van der Waals surface area contributed by atoms with E-state index in [1.165, 1.54) is 18.1 Å². The maximum absolute atomic E-state index is 13.4. The topological polar surface area (TPSA) is 85.3 Å². The van der Waals surface area contributed by atoms with Crippen LogP contribution in [-0.4, -0.2) is 37.1 Å². The van der Waals surface area contributed by atoms with Gasteiger partial charge in [0.05, 0.1) is 37.0 Å². The van der Waals surface area contributed by atoms with Crippen molar-refractivity contribution in [2.24, 2.45) is 0 Å². The molecule has 1 amide bonds. The number of hydrogen-bond donors (Lipinski definition) is 1. The second kappa shape index (κ2) is 10.7. The highest BCUT2D eigenvalue weighted by Gasteiger charge is 2.47. The molecule has 1 aliphatic heterocycles. The van der Waals surface area contributed by atoms with Crippen LogP contribution in [0, 0.1) is 0 Å². The van der Waals surface area contributed by atoms with Crippen molar-refractivity contribution in [3.8, 4) is 17.2 Å². The van der Waals surface area contributed by atoms with E-state index >= 15 is 0 Å². The lowest BCUT2D eigenvalue weighted by atomic mass is 9.95. The fourth-order valence-corrected chi connectivity index (χ4v) is 4.38. The lowest BCUT2D eigenvalue weighted by Gasteiger charge is -2.26. The first-order chi connectivity index (χ1) is 17.4. The molecule has 1 saturated heterocycles. The normalized spacial score (nSPS) is 16.8. The molecule has 0 saturated carbocycles. The molecule has 8 heteroatoms. The Labute approximate surface area is 214 Å². The van der Waals surface area contributed by atoms with Crippen LogP contribution in [0.25, 0.3) is 5.76 Å². The highest BCUT2D eigenvalue weighted by Crippen LogP contribution is 2.44. The van der Waals surface area contributed by atoms with E-state index in [9.17, 15) is 14.7 Å². The van der Waals surface area contributed by atoms with Gasteiger partial charge in [-0.05, 0) is 61.9 Å². The predicted molar refractivity (Wildman–Crippen MR) is 138 cm³/mol. The molecule has 0 radical (unpaired) electrons. The number of nitrogens with zero attached hydrogens (tertiary/aromatic N) is 1. The van der Waals surface area contributed by atoms with Crippen molar-refractivity contribution in [3.63, 3.8) is 0 Å². The summed E-state index contributed by atoms with van der Waals surface area (Å²) in [6.07, 6.45) is 0. The Bertz CT molecular complexity index is 1320. The maximum atomic E-state index is 13.4. The smallest absolute Gasteiger partial charge is 0.300 e. The number of Topliss-reactive ketones (excluding diaryl/α,β-unsaturated/α-hetero) is 1. The molecule has 36 heavy (non-hydrogen) atoms. The van der Waals surface area contributed by atoms with Crippen LogP contribution in [0.4, 0.5) is 5.69 Å². The summed E-state index contributed by atoms with van der Waals surface area (Å²) in [6, 6.07) is 17.8. The zero-order valence-electron chi connectivity index (χ0n) is 20.2. The van der Waals surface area contributed by atoms with Gasteiger partial charge in [0.15, 0.2) is 0 Å². The van der Waals surface area contributed by atoms with Crippen LogP contribution in [0.15, 0.2) is 72.3 Å². The minimum atomic E-state index is -0.917. The van der Waals surface area contributed by atoms with Gasteiger partial charge in [-0.3, -0.25) is 14.5 Å². The summed E-state index contributed by atoms with van der Waals surface area (Å²) < 4.78 is 16.4. The maximum Gasteiger partial charge on any atom is 0.300 e. The molecule has 1 aliphatic rings. The molecule has 0 bridgehead atoms. The Morgan fingerprint density at radius 2 is 1.58 bits per heavy atom. The lowest BCUT2D eigenvalue weighted by molar-refractivity contribution is -0.132. The van der Waals surface area contributed by atoms with E-state index in [-0.39, 0.29) is 21.9 Å². The second-order valence-electron chi connectivity index (χ2n) is 7.95. The fourth-order valence-electron chi connectivity index (χ4n) is 4.17. The number of hydrogen-bond acceptors (Lipinski definition) is 6. The van der Waals surface area contributed by atoms with E-state index in [2.05, 4.69) is 0 Å². The summed E-state index contributed by atoms with van der Waals surface area (Å²) in [5, 5.41) is 11.6. The SMILES string of the molecule is CCOc1ccc(C2/C(=C(\O)c3cc(OC)ccc3Cl)C(=O)C(=O)N2c2cccc(OCC)c2)cc1. The average molecular weight is 508 g/mol. The number of amides is 1. The minimum Gasteiger partial charge on any atom is -0.507 e. The van der Waals surface area contributed by atoms with Gasteiger partial charge in [0.1, 0.15) is 23.0 Å². The van der Waals surface area contributed by atoms with E-state index in [1.54, 1.807) is 60.7 Å². The number of ketones is 1. The number of anilines is 1. The first-order valence-electron chi connectivity index (χ1n) is 11.5. The lowest BCUT2D eigenvalue weighted by Crippen LogP contribution is -2.29. The van der Waals surface area contributed by atoms with Crippen molar-refractivity contribution in [2.45, 2.75) is 19.9 Å². The molecule has 0 aliphatic carbocycles. The number of aliphatic hydroxyl groups excluding tert-OH is 1. The summed E-state index contributed by atoms with van der Waals surface area (Å²) in [5.41, 5.74) is 1.17. The third-order valence-electron chi connectivity index (χ3n) is 5.79. The number of benzene rings is 3. The molecule has 7 nitrogen and oxygen atoms in total. The first-order valence-corrected chi connectivity index (χ1v) is 11.9. The minimum absolute atomic E-state index is 0.0823. The molecular formula is C28H26ClNO6.